The SMILES string of the molecule is CCc1ccc(OCC(O)CNC(C)CCN(C)C)cc1. The van der Waals surface area contributed by atoms with E-state index in [1.54, 1.807) is 0 Å². The molecule has 0 aliphatic heterocycles. The molecular weight excluding hydrogens is 264 g/mol. The summed E-state index contributed by atoms with van der Waals surface area (Å²) in [5, 5.41) is 13.3. The number of benzene rings is 1. The minimum atomic E-state index is -0.488. The van der Waals surface area contributed by atoms with Gasteiger partial charge in [-0.15, -0.1) is 0 Å². The average Bonchev–Trinajstić information content (AvgIpc) is 2.49. The van der Waals surface area contributed by atoms with Crippen LogP contribution in [0.25, 0.3) is 0 Å². The van der Waals surface area contributed by atoms with Crippen LogP contribution in [0.5, 0.6) is 5.75 Å². The summed E-state index contributed by atoms with van der Waals surface area (Å²) < 4.78 is 5.60. The van der Waals surface area contributed by atoms with Crippen LogP contribution in [0, 0.1) is 0 Å². The number of aliphatic hydroxyl groups is 1. The first-order chi connectivity index (χ1) is 10.0. The van der Waals surface area contributed by atoms with Crippen molar-refractivity contribution in [1.29, 1.82) is 0 Å². The van der Waals surface area contributed by atoms with Crippen LogP contribution >= 0.6 is 0 Å². The van der Waals surface area contributed by atoms with Crippen molar-refractivity contribution in [3.63, 3.8) is 0 Å². The number of ether oxygens (including phenoxy) is 1. The molecule has 4 nitrogen and oxygen atoms in total. The maximum absolute atomic E-state index is 9.94. The Hall–Kier alpha value is -1.10. The first kappa shape index (κ1) is 18.0. The number of rotatable bonds is 10. The Labute approximate surface area is 129 Å². The van der Waals surface area contributed by atoms with E-state index in [1.807, 2.05) is 12.1 Å². The van der Waals surface area contributed by atoms with E-state index in [0.717, 1.165) is 25.1 Å². The first-order valence-electron chi connectivity index (χ1n) is 7.79. The Morgan fingerprint density at radius 1 is 1.24 bits per heavy atom. The Morgan fingerprint density at radius 2 is 1.90 bits per heavy atom. The second kappa shape index (κ2) is 9.77. The van der Waals surface area contributed by atoms with E-state index in [2.05, 4.69) is 50.3 Å². The van der Waals surface area contributed by atoms with Gasteiger partial charge in [-0.25, -0.2) is 0 Å². The summed E-state index contributed by atoms with van der Waals surface area (Å²) in [6, 6.07) is 8.43. The third-order valence-corrected chi connectivity index (χ3v) is 3.49. The van der Waals surface area contributed by atoms with E-state index < -0.39 is 6.10 Å². The molecule has 0 heterocycles. The number of aryl methyl sites for hydroxylation is 1. The molecule has 21 heavy (non-hydrogen) atoms. The van der Waals surface area contributed by atoms with Crippen molar-refractivity contribution in [2.24, 2.45) is 0 Å². The van der Waals surface area contributed by atoms with Gasteiger partial charge in [0.2, 0.25) is 0 Å². The molecule has 0 aliphatic carbocycles. The summed E-state index contributed by atoms with van der Waals surface area (Å²) in [6.45, 7) is 6.19. The Morgan fingerprint density at radius 3 is 2.48 bits per heavy atom. The quantitative estimate of drug-likeness (QED) is 0.692. The number of hydrogen-bond acceptors (Lipinski definition) is 4. The van der Waals surface area contributed by atoms with Crippen molar-refractivity contribution < 1.29 is 9.84 Å². The molecule has 1 aromatic carbocycles. The maximum atomic E-state index is 9.94. The molecule has 0 saturated heterocycles. The molecule has 120 valence electrons. The monoisotopic (exact) mass is 294 g/mol. The van der Waals surface area contributed by atoms with Crippen LogP contribution in [0.3, 0.4) is 0 Å². The zero-order valence-electron chi connectivity index (χ0n) is 13.8. The summed E-state index contributed by atoms with van der Waals surface area (Å²) >= 11 is 0. The lowest BCUT2D eigenvalue weighted by molar-refractivity contribution is 0.103. The summed E-state index contributed by atoms with van der Waals surface area (Å²) in [5.41, 5.74) is 1.29. The summed E-state index contributed by atoms with van der Waals surface area (Å²) in [6.07, 6.45) is 1.61. The van der Waals surface area contributed by atoms with Gasteiger partial charge in [-0.2, -0.15) is 0 Å². The molecule has 0 bridgehead atoms. The lowest BCUT2D eigenvalue weighted by Crippen LogP contribution is -2.37. The third kappa shape index (κ3) is 8.05. The lowest BCUT2D eigenvalue weighted by atomic mass is 10.2. The molecular formula is C17H30N2O2. The van der Waals surface area contributed by atoms with E-state index >= 15 is 0 Å². The van der Waals surface area contributed by atoms with Crippen molar-refractivity contribution in [2.45, 2.75) is 38.8 Å². The highest BCUT2D eigenvalue weighted by Gasteiger charge is 2.08. The number of nitrogens with zero attached hydrogens (tertiary/aromatic N) is 1. The van der Waals surface area contributed by atoms with Crippen molar-refractivity contribution >= 4 is 0 Å². The molecule has 4 heteroatoms. The summed E-state index contributed by atoms with van der Waals surface area (Å²) in [5.74, 6) is 0.812. The van der Waals surface area contributed by atoms with Gasteiger partial charge >= 0.3 is 0 Å². The van der Waals surface area contributed by atoms with Crippen molar-refractivity contribution in [3.8, 4) is 5.75 Å². The number of nitrogens with one attached hydrogen (secondary N) is 1. The fourth-order valence-electron chi connectivity index (χ4n) is 1.96. The van der Waals surface area contributed by atoms with Crippen molar-refractivity contribution in [1.82, 2.24) is 10.2 Å². The molecule has 2 unspecified atom stereocenters. The molecule has 0 radical (unpaired) electrons. The molecule has 0 aliphatic rings. The second-order valence-corrected chi connectivity index (χ2v) is 5.86. The van der Waals surface area contributed by atoms with Gasteiger partial charge in [0, 0.05) is 12.6 Å². The minimum Gasteiger partial charge on any atom is -0.491 e. The van der Waals surface area contributed by atoms with Gasteiger partial charge < -0.3 is 20.1 Å². The van der Waals surface area contributed by atoms with E-state index in [1.165, 1.54) is 5.56 Å². The molecule has 1 aromatic rings. The molecule has 2 atom stereocenters. The molecule has 1 rings (SSSR count). The topological polar surface area (TPSA) is 44.7 Å². The second-order valence-electron chi connectivity index (χ2n) is 5.86. The van der Waals surface area contributed by atoms with E-state index in [0.29, 0.717) is 19.2 Å². The van der Waals surface area contributed by atoms with Gasteiger partial charge in [-0.05, 0) is 58.1 Å². The van der Waals surface area contributed by atoms with Gasteiger partial charge in [-0.1, -0.05) is 19.1 Å². The minimum absolute atomic E-state index is 0.318. The van der Waals surface area contributed by atoms with Gasteiger partial charge in [-0.3, -0.25) is 0 Å². The normalized spacial score (nSPS) is 14.2. The van der Waals surface area contributed by atoms with Gasteiger partial charge in [0.25, 0.3) is 0 Å². The molecule has 0 saturated carbocycles. The summed E-state index contributed by atoms with van der Waals surface area (Å²) in [4.78, 5) is 2.16. The van der Waals surface area contributed by atoms with Crippen molar-refractivity contribution in [3.05, 3.63) is 29.8 Å². The number of aliphatic hydroxyl groups excluding tert-OH is 1. The zero-order chi connectivity index (χ0) is 15.7. The van der Waals surface area contributed by atoms with Crippen LogP contribution in [0.1, 0.15) is 25.8 Å². The van der Waals surface area contributed by atoms with Gasteiger partial charge in [0.15, 0.2) is 0 Å². The Kier molecular flexibility index (Phi) is 8.35. The number of hydrogen-bond donors (Lipinski definition) is 2. The molecule has 0 fully saturated rings. The predicted octanol–water partition coefficient (Wildman–Crippen LogP) is 1.92. The predicted molar refractivity (Wildman–Crippen MR) is 88.0 cm³/mol. The molecule has 0 spiro atoms. The third-order valence-electron chi connectivity index (χ3n) is 3.49. The van der Waals surface area contributed by atoms with Crippen molar-refractivity contribution in [2.75, 3.05) is 33.8 Å². The largest absolute Gasteiger partial charge is 0.491 e. The lowest BCUT2D eigenvalue weighted by Gasteiger charge is -2.19. The zero-order valence-corrected chi connectivity index (χ0v) is 13.8. The molecule has 0 aromatic heterocycles. The highest BCUT2D eigenvalue weighted by molar-refractivity contribution is 5.27. The summed E-state index contributed by atoms with van der Waals surface area (Å²) in [7, 11) is 4.14. The van der Waals surface area contributed by atoms with E-state index in [4.69, 9.17) is 4.74 Å². The smallest absolute Gasteiger partial charge is 0.119 e. The highest BCUT2D eigenvalue weighted by Crippen LogP contribution is 2.12. The highest BCUT2D eigenvalue weighted by atomic mass is 16.5. The fourth-order valence-corrected chi connectivity index (χ4v) is 1.96. The van der Waals surface area contributed by atoms with Crippen LogP contribution in [-0.4, -0.2) is 55.9 Å². The van der Waals surface area contributed by atoms with Crippen LogP contribution in [0.4, 0.5) is 0 Å². The van der Waals surface area contributed by atoms with Gasteiger partial charge in [0.05, 0.1) is 0 Å². The molecule has 0 amide bonds. The van der Waals surface area contributed by atoms with Crippen LogP contribution in [0.2, 0.25) is 0 Å². The van der Waals surface area contributed by atoms with Crippen LogP contribution in [-0.2, 0) is 6.42 Å². The standard InChI is InChI=1S/C17H30N2O2/c1-5-15-6-8-17(9-7-15)21-13-16(20)12-18-14(2)10-11-19(3)4/h6-9,14,16,18,20H,5,10-13H2,1-4H3. The van der Waals surface area contributed by atoms with Gasteiger partial charge in [0.1, 0.15) is 18.5 Å². The average molecular weight is 294 g/mol. The van der Waals surface area contributed by atoms with E-state index in [-0.39, 0.29) is 0 Å². The fraction of sp³-hybridized carbons (Fsp3) is 0.647. The van der Waals surface area contributed by atoms with E-state index in [9.17, 15) is 5.11 Å². The first-order valence-corrected chi connectivity index (χ1v) is 7.79. The molecule has 2 N–H and O–H groups in total. The Bertz CT molecular complexity index is 379. The maximum Gasteiger partial charge on any atom is 0.119 e. The Balaban J connectivity index is 2.19. The van der Waals surface area contributed by atoms with Crippen LogP contribution < -0.4 is 10.1 Å². The van der Waals surface area contributed by atoms with Crippen LogP contribution in [0.15, 0.2) is 24.3 Å².